The van der Waals surface area contributed by atoms with Crippen LogP contribution in [0.15, 0.2) is 48.5 Å². The predicted molar refractivity (Wildman–Crippen MR) is 105 cm³/mol. The molecule has 1 fully saturated rings. The molecule has 10 heteroatoms. The van der Waals surface area contributed by atoms with E-state index in [1.54, 1.807) is 12.1 Å². The van der Waals surface area contributed by atoms with Crippen molar-refractivity contribution in [3.63, 3.8) is 0 Å². The van der Waals surface area contributed by atoms with Gasteiger partial charge in [-0.3, -0.25) is 0 Å². The molecule has 0 saturated carbocycles. The Morgan fingerprint density at radius 2 is 1.61 bits per heavy atom. The number of esters is 1. The zero-order valence-electron chi connectivity index (χ0n) is 16.1. The molecule has 2 aromatic carbocycles. The standard InChI is InChI=1S/C21H22O10/c22-10-16-18(27)19(28)20(21(30-16)29-15-8-13(24)7-14(25)9-15)31-17(26)6-3-11-1-4-12(23)5-2-11/h1-9,16,18-25,27-28H,10H2/b6-3-/t16-,18-,19+,20-,21-/m1/s1. The molecule has 0 bridgehead atoms. The van der Waals surface area contributed by atoms with E-state index < -0.39 is 43.3 Å². The van der Waals surface area contributed by atoms with Gasteiger partial charge in [-0.1, -0.05) is 12.1 Å². The first-order valence-electron chi connectivity index (χ1n) is 9.26. The highest BCUT2D eigenvalue weighted by Crippen LogP contribution is 2.30. The first-order valence-corrected chi connectivity index (χ1v) is 9.26. The summed E-state index contributed by atoms with van der Waals surface area (Å²) in [6.07, 6.45) is -4.95. The number of aromatic hydroxyl groups is 3. The number of phenolic OH excluding ortho intramolecular Hbond substituents is 3. The molecule has 0 unspecified atom stereocenters. The fourth-order valence-corrected chi connectivity index (χ4v) is 2.97. The normalized spacial score (nSPS) is 26.0. The number of hydrogen-bond acceptors (Lipinski definition) is 10. The van der Waals surface area contributed by atoms with Gasteiger partial charge < -0.3 is 44.8 Å². The van der Waals surface area contributed by atoms with Gasteiger partial charge in [0.1, 0.15) is 41.3 Å². The van der Waals surface area contributed by atoms with Crippen LogP contribution in [0, 0.1) is 0 Å². The molecule has 1 aliphatic rings. The summed E-state index contributed by atoms with van der Waals surface area (Å²) in [6, 6.07) is 9.36. The third-order valence-corrected chi connectivity index (χ3v) is 4.51. The molecule has 0 amide bonds. The lowest BCUT2D eigenvalue weighted by Crippen LogP contribution is -2.61. The monoisotopic (exact) mass is 434 g/mol. The summed E-state index contributed by atoms with van der Waals surface area (Å²) in [5, 5.41) is 58.4. The van der Waals surface area contributed by atoms with Gasteiger partial charge in [-0.05, 0) is 23.8 Å². The summed E-state index contributed by atoms with van der Waals surface area (Å²) in [5.74, 6) is -1.51. The van der Waals surface area contributed by atoms with Gasteiger partial charge in [0.25, 0.3) is 0 Å². The fourth-order valence-electron chi connectivity index (χ4n) is 2.97. The number of aliphatic hydroxyl groups excluding tert-OH is 3. The van der Waals surface area contributed by atoms with Gasteiger partial charge in [0.2, 0.25) is 6.29 Å². The summed E-state index contributed by atoms with van der Waals surface area (Å²) in [4.78, 5) is 12.3. The first-order chi connectivity index (χ1) is 14.8. The maximum absolute atomic E-state index is 12.3. The second kappa shape index (κ2) is 9.67. The van der Waals surface area contributed by atoms with E-state index in [2.05, 4.69) is 0 Å². The van der Waals surface area contributed by atoms with E-state index in [-0.39, 0.29) is 23.0 Å². The van der Waals surface area contributed by atoms with Crippen LogP contribution >= 0.6 is 0 Å². The van der Waals surface area contributed by atoms with Crippen molar-refractivity contribution >= 4 is 12.0 Å². The van der Waals surface area contributed by atoms with Gasteiger partial charge in [-0.15, -0.1) is 0 Å². The van der Waals surface area contributed by atoms with E-state index in [0.29, 0.717) is 5.56 Å². The van der Waals surface area contributed by atoms with Crippen molar-refractivity contribution < 1.29 is 49.6 Å². The van der Waals surface area contributed by atoms with E-state index in [9.17, 15) is 35.4 Å². The molecule has 1 heterocycles. The quantitative estimate of drug-likeness (QED) is 0.274. The Labute approximate surface area is 176 Å². The SMILES string of the molecule is O=C(/C=C\c1ccc(O)cc1)O[C@H]1[C@H](Oc2cc(O)cc(O)c2)O[C@H](CO)[C@@H](O)[C@@H]1O. The highest BCUT2D eigenvalue weighted by atomic mass is 16.7. The van der Waals surface area contributed by atoms with E-state index >= 15 is 0 Å². The Kier molecular flexibility index (Phi) is 6.98. The van der Waals surface area contributed by atoms with Crippen LogP contribution in [0.5, 0.6) is 23.0 Å². The number of carbonyl (C=O) groups excluding carboxylic acids is 1. The second-order valence-corrected chi connectivity index (χ2v) is 6.84. The van der Waals surface area contributed by atoms with Gasteiger partial charge in [-0.25, -0.2) is 4.79 Å². The van der Waals surface area contributed by atoms with E-state index in [1.165, 1.54) is 18.2 Å². The minimum atomic E-state index is -1.66. The molecule has 1 aliphatic heterocycles. The predicted octanol–water partition coefficient (Wildman–Crippen LogP) is 0.246. The lowest BCUT2D eigenvalue weighted by molar-refractivity contribution is -0.281. The Balaban J connectivity index is 1.77. The third-order valence-electron chi connectivity index (χ3n) is 4.51. The lowest BCUT2D eigenvalue weighted by Gasteiger charge is -2.41. The van der Waals surface area contributed by atoms with Gasteiger partial charge in [-0.2, -0.15) is 0 Å². The first kappa shape index (κ1) is 22.4. The molecule has 10 nitrogen and oxygen atoms in total. The van der Waals surface area contributed by atoms with Crippen LogP contribution in [-0.2, 0) is 14.3 Å². The van der Waals surface area contributed by atoms with Crippen molar-refractivity contribution in [2.45, 2.75) is 30.7 Å². The summed E-state index contributed by atoms with van der Waals surface area (Å²) >= 11 is 0. The number of rotatable bonds is 6. The molecule has 0 aromatic heterocycles. The van der Waals surface area contributed by atoms with Gasteiger partial charge in [0, 0.05) is 24.3 Å². The zero-order valence-corrected chi connectivity index (χ0v) is 16.1. The smallest absolute Gasteiger partial charge is 0.331 e. The molecular formula is C21H22O10. The summed E-state index contributed by atoms with van der Waals surface area (Å²) in [5.41, 5.74) is 0.596. The summed E-state index contributed by atoms with van der Waals surface area (Å²) in [7, 11) is 0. The lowest BCUT2D eigenvalue weighted by atomic mass is 9.99. The van der Waals surface area contributed by atoms with Crippen LogP contribution in [0.4, 0.5) is 0 Å². The van der Waals surface area contributed by atoms with E-state index in [0.717, 1.165) is 24.3 Å². The van der Waals surface area contributed by atoms with Crippen molar-refractivity contribution in [2.75, 3.05) is 6.61 Å². The van der Waals surface area contributed by atoms with Crippen LogP contribution in [0.3, 0.4) is 0 Å². The van der Waals surface area contributed by atoms with E-state index in [4.69, 9.17) is 14.2 Å². The van der Waals surface area contributed by atoms with Crippen LogP contribution < -0.4 is 4.74 Å². The summed E-state index contributed by atoms with van der Waals surface area (Å²) < 4.78 is 16.1. The molecular weight excluding hydrogens is 412 g/mol. The fraction of sp³-hybridized carbons (Fsp3) is 0.286. The van der Waals surface area contributed by atoms with Crippen LogP contribution in [-0.4, -0.2) is 73.9 Å². The third kappa shape index (κ3) is 5.64. The van der Waals surface area contributed by atoms with Crippen molar-refractivity contribution in [3.05, 3.63) is 54.1 Å². The van der Waals surface area contributed by atoms with Gasteiger partial charge >= 0.3 is 5.97 Å². The number of carbonyl (C=O) groups is 1. The van der Waals surface area contributed by atoms with Gasteiger partial charge in [0.05, 0.1) is 6.61 Å². The minimum Gasteiger partial charge on any atom is -0.508 e. The van der Waals surface area contributed by atoms with Crippen LogP contribution in [0.25, 0.3) is 6.08 Å². The zero-order chi connectivity index (χ0) is 22.5. The Bertz CT molecular complexity index is 906. The van der Waals surface area contributed by atoms with Crippen molar-refractivity contribution in [1.29, 1.82) is 0 Å². The molecule has 2 aromatic rings. The molecule has 31 heavy (non-hydrogen) atoms. The molecule has 6 N–H and O–H groups in total. The topological polar surface area (TPSA) is 166 Å². The number of phenols is 3. The highest BCUT2D eigenvalue weighted by molar-refractivity contribution is 5.87. The van der Waals surface area contributed by atoms with Crippen molar-refractivity contribution in [2.24, 2.45) is 0 Å². The number of ether oxygens (including phenoxy) is 3. The van der Waals surface area contributed by atoms with Gasteiger partial charge in [0.15, 0.2) is 6.10 Å². The van der Waals surface area contributed by atoms with Crippen molar-refractivity contribution in [3.8, 4) is 23.0 Å². The molecule has 1 saturated heterocycles. The molecule has 0 aliphatic carbocycles. The Hall–Kier alpha value is -3.31. The molecule has 5 atom stereocenters. The molecule has 166 valence electrons. The van der Waals surface area contributed by atoms with Crippen molar-refractivity contribution in [1.82, 2.24) is 0 Å². The van der Waals surface area contributed by atoms with E-state index in [1.807, 2.05) is 0 Å². The Morgan fingerprint density at radius 3 is 2.23 bits per heavy atom. The maximum Gasteiger partial charge on any atom is 0.331 e. The average molecular weight is 434 g/mol. The molecule has 0 spiro atoms. The minimum absolute atomic E-state index is 0.0626. The largest absolute Gasteiger partial charge is 0.508 e. The number of benzene rings is 2. The average Bonchev–Trinajstić information content (AvgIpc) is 2.72. The maximum atomic E-state index is 12.3. The summed E-state index contributed by atoms with van der Waals surface area (Å²) in [6.45, 7) is -0.648. The number of hydrogen-bond donors (Lipinski definition) is 6. The number of aliphatic hydroxyl groups is 3. The highest BCUT2D eigenvalue weighted by Gasteiger charge is 2.47. The molecule has 0 radical (unpaired) electrons. The molecule has 3 rings (SSSR count). The van der Waals surface area contributed by atoms with Crippen LogP contribution in [0.2, 0.25) is 0 Å². The Morgan fingerprint density at radius 1 is 0.968 bits per heavy atom. The van der Waals surface area contributed by atoms with Crippen LogP contribution in [0.1, 0.15) is 5.56 Å². The second-order valence-electron chi connectivity index (χ2n) is 6.84.